The predicted molar refractivity (Wildman–Crippen MR) is 139 cm³/mol. The van der Waals surface area contributed by atoms with Crippen molar-refractivity contribution in [3.63, 3.8) is 0 Å². The van der Waals surface area contributed by atoms with Gasteiger partial charge in [0.05, 0.1) is 11.4 Å². The highest BCUT2D eigenvalue weighted by Gasteiger charge is 2.41. The van der Waals surface area contributed by atoms with Gasteiger partial charge in [0.1, 0.15) is 11.9 Å². The van der Waals surface area contributed by atoms with Crippen molar-refractivity contribution < 1.29 is 14.4 Å². The molecule has 11 heteroatoms. The van der Waals surface area contributed by atoms with Crippen molar-refractivity contribution in [1.82, 2.24) is 20.4 Å². The number of aromatic nitrogens is 2. The van der Waals surface area contributed by atoms with Crippen LogP contribution in [-0.2, 0) is 14.4 Å². The van der Waals surface area contributed by atoms with Crippen LogP contribution >= 0.6 is 11.8 Å². The molecular formula is C25H29N7O3S. The highest BCUT2D eigenvalue weighted by Crippen LogP contribution is 2.34. The lowest BCUT2D eigenvalue weighted by Crippen LogP contribution is -2.42. The molecule has 0 radical (unpaired) electrons. The van der Waals surface area contributed by atoms with Crippen LogP contribution in [0.1, 0.15) is 56.2 Å². The average Bonchev–Trinajstić information content (AvgIpc) is 3.44. The Kier molecular flexibility index (Phi) is 7.17. The zero-order chi connectivity index (χ0) is 25.1. The first kappa shape index (κ1) is 24.2. The molecule has 36 heavy (non-hydrogen) atoms. The van der Waals surface area contributed by atoms with Crippen LogP contribution in [0.3, 0.4) is 0 Å². The Hall–Kier alpha value is -3.47. The molecule has 1 fully saturated rings. The Balaban J connectivity index is 1.25. The van der Waals surface area contributed by atoms with Crippen LogP contribution < -0.4 is 10.6 Å². The summed E-state index contributed by atoms with van der Waals surface area (Å²) in [6.07, 6.45) is 6.13. The first-order chi connectivity index (χ1) is 17.5. The number of amides is 3. The number of fused-ring (bicyclic) bond motifs is 3. The fraction of sp³-hybridized carbons (Fsp3) is 0.440. The van der Waals surface area contributed by atoms with Gasteiger partial charge in [-0.2, -0.15) is 5.10 Å². The monoisotopic (exact) mass is 507 g/mol. The van der Waals surface area contributed by atoms with Crippen LogP contribution in [0.25, 0.3) is 0 Å². The SMILES string of the molecule is Cc1cc(NC(=O)CSC2=Nc3ccccc3C3=NC(CCC(=O)NC4CCCCC4)C(=O)N23)n[nH]1. The zero-order valence-electron chi connectivity index (χ0n) is 20.1. The molecule has 3 aliphatic rings. The molecule has 0 spiro atoms. The van der Waals surface area contributed by atoms with Gasteiger partial charge in [0.15, 0.2) is 11.0 Å². The number of rotatable bonds is 7. The maximum atomic E-state index is 13.4. The number of carbonyl (C=O) groups is 3. The van der Waals surface area contributed by atoms with Crippen molar-refractivity contribution in [3.8, 4) is 0 Å². The summed E-state index contributed by atoms with van der Waals surface area (Å²) in [5, 5.41) is 13.0. The van der Waals surface area contributed by atoms with Crippen LogP contribution in [0, 0.1) is 6.92 Å². The van der Waals surface area contributed by atoms with Gasteiger partial charge < -0.3 is 10.6 Å². The van der Waals surface area contributed by atoms with Crippen molar-refractivity contribution >= 4 is 52.0 Å². The summed E-state index contributed by atoms with van der Waals surface area (Å²) in [4.78, 5) is 49.2. The van der Waals surface area contributed by atoms with Crippen LogP contribution in [0.5, 0.6) is 0 Å². The molecule has 1 saturated carbocycles. The van der Waals surface area contributed by atoms with Crippen molar-refractivity contribution in [1.29, 1.82) is 0 Å². The van der Waals surface area contributed by atoms with Gasteiger partial charge in [-0.05, 0) is 38.3 Å². The molecular weight excluding hydrogens is 478 g/mol. The molecule has 1 unspecified atom stereocenters. The van der Waals surface area contributed by atoms with Gasteiger partial charge in [-0.1, -0.05) is 43.2 Å². The van der Waals surface area contributed by atoms with Crippen molar-refractivity contribution in [2.45, 2.75) is 64.0 Å². The Morgan fingerprint density at radius 1 is 1.17 bits per heavy atom. The Labute approximate surface area is 213 Å². The van der Waals surface area contributed by atoms with Crippen LogP contribution in [0.15, 0.2) is 40.3 Å². The molecule has 1 aromatic heterocycles. The lowest BCUT2D eigenvalue weighted by atomic mass is 9.95. The number of aryl methyl sites for hydroxylation is 1. The van der Waals surface area contributed by atoms with E-state index in [2.05, 4.69) is 25.8 Å². The van der Waals surface area contributed by atoms with Crippen LogP contribution in [0.2, 0.25) is 0 Å². The van der Waals surface area contributed by atoms with Crippen LogP contribution in [0.4, 0.5) is 11.5 Å². The maximum absolute atomic E-state index is 13.4. The normalized spacial score (nSPS) is 19.3. The molecule has 1 atom stereocenters. The number of H-pyrrole nitrogens is 1. The van der Waals surface area contributed by atoms with E-state index in [9.17, 15) is 14.4 Å². The lowest BCUT2D eigenvalue weighted by Gasteiger charge is -2.25. The van der Waals surface area contributed by atoms with Gasteiger partial charge in [0, 0.05) is 29.8 Å². The number of hydrogen-bond acceptors (Lipinski definition) is 7. The topological polar surface area (TPSA) is 132 Å². The van der Waals surface area contributed by atoms with E-state index in [4.69, 9.17) is 4.99 Å². The summed E-state index contributed by atoms with van der Waals surface area (Å²) in [7, 11) is 0. The Morgan fingerprint density at radius 2 is 1.97 bits per heavy atom. The van der Waals surface area contributed by atoms with Gasteiger partial charge in [-0.15, -0.1) is 0 Å². The van der Waals surface area contributed by atoms with Gasteiger partial charge in [-0.25, -0.2) is 9.89 Å². The first-order valence-corrected chi connectivity index (χ1v) is 13.3. The summed E-state index contributed by atoms with van der Waals surface area (Å²) in [6.45, 7) is 1.85. The number of anilines is 1. The third-order valence-corrected chi connectivity index (χ3v) is 7.41. The van der Waals surface area contributed by atoms with E-state index in [1.165, 1.54) is 23.1 Å². The van der Waals surface area contributed by atoms with E-state index in [-0.39, 0.29) is 35.9 Å². The number of para-hydroxylation sites is 1. The number of thioether (sulfide) groups is 1. The second-order valence-corrected chi connectivity index (χ2v) is 10.2. The number of nitrogens with one attached hydrogen (secondary N) is 3. The van der Waals surface area contributed by atoms with E-state index in [0.717, 1.165) is 36.9 Å². The second kappa shape index (κ2) is 10.7. The number of benzene rings is 1. The summed E-state index contributed by atoms with van der Waals surface area (Å²) in [5.74, 6) is 0.509. The predicted octanol–water partition coefficient (Wildman–Crippen LogP) is 3.28. The summed E-state index contributed by atoms with van der Waals surface area (Å²) >= 11 is 1.17. The second-order valence-electron chi connectivity index (χ2n) is 9.27. The molecule has 0 saturated heterocycles. The van der Waals surface area contributed by atoms with E-state index in [0.29, 0.717) is 28.9 Å². The van der Waals surface area contributed by atoms with Gasteiger partial charge in [0.2, 0.25) is 11.8 Å². The molecule has 0 bridgehead atoms. The molecule has 2 aromatic rings. The van der Waals surface area contributed by atoms with Crippen LogP contribution in [-0.4, -0.2) is 61.7 Å². The van der Waals surface area contributed by atoms with Gasteiger partial charge in [0.25, 0.3) is 5.91 Å². The molecule has 2 aliphatic heterocycles. The first-order valence-electron chi connectivity index (χ1n) is 12.3. The smallest absolute Gasteiger partial charge is 0.259 e. The molecule has 5 rings (SSSR count). The van der Waals surface area contributed by atoms with Gasteiger partial charge >= 0.3 is 0 Å². The largest absolute Gasteiger partial charge is 0.353 e. The fourth-order valence-corrected chi connectivity index (χ4v) is 5.49. The molecule has 3 amide bonds. The number of carbonyl (C=O) groups excluding carboxylic acids is 3. The molecule has 3 heterocycles. The average molecular weight is 508 g/mol. The van der Waals surface area contributed by atoms with E-state index in [1.54, 1.807) is 6.07 Å². The molecule has 3 N–H and O–H groups in total. The molecule has 188 valence electrons. The highest BCUT2D eigenvalue weighted by molar-refractivity contribution is 8.14. The zero-order valence-corrected chi connectivity index (χ0v) is 20.9. The standard InChI is InChI=1S/C25H29N7O3S/c1-15-13-20(31-30-15)29-22(34)14-36-25-28-18-10-6-5-9-17(18)23-27-19(24(35)32(23)25)11-12-21(33)26-16-7-3-2-4-8-16/h5-6,9-10,13,16,19H,2-4,7-8,11-12,14H2,1H3,(H,26,33)(H2,29,30,31,34). The third kappa shape index (κ3) is 5.35. The van der Waals surface area contributed by atoms with Gasteiger partial charge in [-0.3, -0.25) is 24.5 Å². The minimum absolute atomic E-state index is 0.0336. The van der Waals surface area contributed by atoms with Crippen molar-refractivity contribution in [2.24, 2.45) is 9.98 Å². The van der Waals surface area contributed by atoms with Crippen molar-refractivity contribution in [2.75, 3.05) is 11.1 Å². The molecule has 1 aromatic carbocycles. The molecule has 10 nitrogen and oxygen atoms in total. The number of amidine groups is 2. The van der Waals surface area contributed by atoms with E-state index in [1.807, 2.05) is 31.2 Å². The third-order valence-electron chi connectivity index (χ3n) is 6.47. The maximum Gasteiger partial charge on any atom is 0.259 e. The number of hydrogen-bond donors (Lipinski definition) is 3. The Morgan fingerprint density at radius 3 is 2.75 bits per heavy atom. The van der Waals surface area contributed by atoms with Crippen molar-refractivity contribution in [3.05, 3.63) is 41.6 Å². The number of aliphatic imine (C=N–C) groups is 2. The Bertz CT molecular complexity index is 1230. The molecule has 1 aliphatic carbocycles. The van der Waals surface area contributed by atoms with E-state index < -0.39 is 6.04 Å². The lowest BCUT2D eigenvalue weighted by molar-refractivity contribution is -0.125. The minimum Gasteiger partial charge on any atom is -0.353 e. The summed E-state index contributed by atoms with van der Waals surface area (Å²) in [6, 6.07) is 8.80. The summed E-state index contributed by atoms with van der Waals surface area (Å²) < 4.78 is 0. The number of nitrogens with zero attached hydrogens (tertiary/aromatic N) is 4. The fourth-order valence-electron chi connectivity index (χ4n) is 4.69. The quantitative estimate of drug-likeness (QED) is 0.529. The highest BCUT2D eigenvalue weighted by atomic mass is 32.2. The number of aromatic amines is 1. The summed E-state index contributed by atoms with van der Waals surface area (Å²) in [5.41, 5.74) is 2.30. The minimum atomic E-state index is -0.657. The van der Waals surface area contributed by atoms with E-state index >= 15 is 0 Å².